The molecule has 2 aromatic rings. The van der Waals surface area contributed by atoms with Gasteiger partial charge in [0.05, 0.1) is 0 Å². The molecule has 0 spiro atoms. The lowest BCUT2D eigenvalue weighted by molar-refractivity contribution is -0.134. The van der Waals surface area contributed by atoms with Gasteiger partial charge in [-0.15, -0.1) is 0 Å². The van der Waals surface area contributed by atoms with Gasteiger partial charge in [-0.2, -0.15) is 0 Å². The Bertz CT molecular complexity index is 981. The molecule has 29 heavy (non-hydrogen) atoms. The number of imide groups is 1. The number of anilines is 1. The summed E-state index contributed by atoms with van der Waals surface area (Å²) < 4.78 is 40.9. The summed E-state index contributed by atoms with van der Waals surface area (Å²) in [6, 6.07) is 6.85. The van der Waals surface area contributed by atoms with E-state index in [0.717, 1.165) is 18.2 Å². The van der Waals surface area contributed by atoms with Crippen LogP contribution in [-0.2, 0) is 15.1 Å². The largest absolute Gasteiger partial charge is 0.325 e. The molecule has 2 aromatic carbocycles. The first-order chi connectivity index (χ1) is 13.7. The second-order valence-corrected chi connectivity index (χ2v) is 6.69. The van der Waals surface area contributed by atoms with Gasteiger partial charge in [-0.1, -0.05) is 0 Å². The van der Waals surface area contributed by atoms with Gasteiger partial charge >= 0.3 is 6.03 Å². The molecule has 0 radical (unpaired) electrons. The molecule has 1 heterocycles. The molecular formula is C20H18F3N3O3. The topological polar surface area (TPSA) is 69.7 Å². The molecule has 4 amide bonds. The van der Waals surface area contributed by atoms with Crippen LogP contribution in [-0.4, -0.2) is 35.8 Å². The van der Waals surface area contributed by atoms with Gasteiger partial charge in [0, 0.05) is 17.8 Å². The Balaban J connectivity index is 1.85. The molecule has 1 atom stereocenters. The van der Waals surface area contributed by atoms with Crippen molar-refractivity contribution < 1.29 is 27.6 Å². The summed E-state index contributed by atoms with van der Waals surface area (Å²) in [5.74, 6) is -3.58. The van der Waals surface area contributed by atoms with E-state index < -0.39 is 47.4 Å². The number of nitrogens with zero attached hydrogens (tertiary/aromatic N) is 2. The highest BCUT2D eigenvalue weighted by Gasteiger charge is 2.51. The van der Waals surface area contributed by atoms with Crippen LogP contribution in [0.2, 0.25) is 0 Å². The van der Waals surface area contributed by atoms with E-state index in [1.54, 1.807) is 6.92 Å². The third-order valence-corrected chi connectivity index (χ3v) is 4.79. The fourth-order valence-electron chi connectivity index (χ4n) is 3.25. The van der Waals surface area contributed by atoms with Crippen molar-refractivity contribution in [3.63, 3.8) is 0 Å². The molecule has 1 N–H and O–H groups in total. The fraction of sp³-hybridized carbons (Fsp3) is 0.250. The summed E-state index contributed by atoms with van der Waals surface area (Å²) in [6.45, 7) is 2.53. The van der Waals surface area contributed by atoms with Gasteiger partial charge in [0.2, 0.25) is 5.91 Å². The standard InChI is InChI=1S/C20H18F3N3O3/c1-3-25(14-7-4-12(21)5-8-14)17(27)11-26-18(28)20(2,24-19(26)29)15-10-13(22)6-9-16(15)23/h4-10H,3,11H2,1-2H3,(H,24,29)/t20-/m1/s1. The number of nitrogens with one attached hydrogen (secondary N) is 1. The highest BCUT2D eigenvalue weighted by Crippen LogP contribution is 2.31. The monoisotopic (exact) mass is 405 g/mol. The van der Waals surface area contributed by atoms with Gasteiger partial charge in [0.15, 0.2) is 0 Å². The molecule has 3 rings (SSSR count). The van der Waals surface area contributed by atoms with Crippen molar-refractivity contribution in [2.24, 2.45) is 0 Å². The Labute approximate surface area is 164 Å². The van der Waals surface area contributed by atoms with E-state index in [4.69, 9.17) is 0 Å². The number of hydrogen-bond donors (Lipinski definition) is 1. The van der Waals surface area contributed by atoms with Crippen LogP contribution in [0.5, 0.6) is 0 Å². The molecule has 1 aliphatic heterocycles. The van der Waals surface area contributed by atoms with Gasteiger partial charge in [-0.3, -0.25) is 14.5 Å². The van der Waals surface area contributed by atoms with Gasteiger partial charge in [-0.05, 0) is 56.3 Å². The van der Waals surface area contributed by atoms with E-state index in [1.165, 1.54) is 36.1 Å². The Kier molecular flexibility index (Phi) is 5.32. The fourth-order valence-corrected chi connectivity index (χ4v) is 3.25. The van der Waals surface area contributed by atoms with Crippen LogP contribution in [0.25, 0.3) is 0 Å². The lowest BCUT2D eigenvalue weighted by atomic mass is 9.91. The van der Waals surface area contributed by atoms with Crippen LogP contribution in [0.4, 0.5) is 23.7 Å². The molecule has 0 aliphatic carbocycles. The lowest BCUT2D eigenvalue weighted by Gasteiger charge is -2.25. The number of halogens is 3. The molecule has 6 nitrogen and oxygen atoms in total. The molecule has 0 bridgehead atoms. The minimum absolute atomic E-state index is 0.212. The quantitative estimate of drug-likeness (QED) is 0.778. The number of carbonyl (C=O) groups excluding carboxylic acids is 3. The second-order valence-electron chi connectivity index (χ2n) is 6.69. The third-order valence-electron chi connectivity index (χ3n) is 4.79. The minimum atomic E-state index is -1.85. The van der Waals surface area contributed by atoms with Crippen LogP contribution < -0.4 is 10.2 Å². The summed E-state index contributed by atoms with van der Waals surface area (Å²) in [5, 5.41) is 2.33. The summed E-state index contributed by atoms with van der Waals surface area (Å²) in [6.07, 6.45) is 0. The van der Waals surface area contributed by atoms with Crippen molar-refractivity contribution in [3.8, 4) is 0 Å². The van der Waals surface area contributed by atoms with Crippen molar-refractivity contribution in [2.45, 2.75) is 19.4 Å². The minimum Gasteiger partial charge on any atom is -0.319 e. The average molecular weight is 405 g/mol. The number of carbonyl (C=O) groups is 3. The second kappa shape index (κ2) is 7.57. The van der Waals surface area contributed by atoms with Gasteiger partial charge in [-0.25, -0.2) is 18.0 Å². The molecular weight excluding hydrogens is 387 g/mol. The highest BCUT2D eigenvalue weighted by molar-refractivity contribution is 6.10. The molecule has 0 saturated carbocycles. The SMILES string of the molecule is CCN(C(=O)CN1C(=O)N[C@](C)(c2cc(F)ccc2F)C1=O)c1ccc(F)cc1. The number of hydrogen-bond acceptors (Lipinski definition) is 3. The Morgan fingerprint density at radius 2 is 1.69 bits per heavy atom. The van der Waals surface area contributed by atoms with Crippen molar-refractivity contribution in [1.82, 2.24) is 10.2 Å². The van der Waals surface area contributed by atoms with E-state index in [9.17, 15) is 27.6 Å². The number of likely N-dealkylation sites (N-methyl/N-ethyl adjacent to an activating group) is 1. The number of rotatable bonds is 5. The molecule has 0 unspecified atom stereocenters. The summed E-state index contributed by atoms with van der Waals surface area (Å²) in [4.78, 5) is 39.8. The predicted octanol–water partition coefficient (Wildman–Crippen LogP) is 2.92. The Morgan fingerprint density at radius 1 is 1.07 bits per heavy atom. The molecule has 9 heteroatoms. The first kappa shape index (κ1) is 20.4. The maximum Gasteiger partial charge on any atom is 0.325 e. The first-order valence-corrected chi connectivity index (χ1v) is 8.83. The first-order valence-electron chi connectivity index (χ1n) is 8.83. The lowest BCUT2D eigenvalue weighted by Crippen LogP contribution is -2.45. The zero-order chi connectivity index (χ0) is 21.3. The van der Waals surface area contributed by atoms with Gasteiger partial charge < -0.3 is 10.2 Å². The van der Waals surface area contributed by atoms with E-state index in [2.05, 4.69) is 5.32 Å². The van der Waals surface area contributed by atoms with Crippen LogP contribution >= 0.6 is 0 Å². The number of amides is 4. The average Bonchev–Trinajstić information content (AvgIpc) is 2.89. The summed E-state index contributed by atoms with van der Waals surface area (Å²) in [7, 11) is 0. The summed E-state index contributed by atoms with van der Waals surface area (Å²) >= 11 is 0. The predicted molar refractivity (Wildman–Crippen MR) is 98.4 cm³/mol. The van der Waals surface area contributed by atoms with Crippen molar-refractivity contribution in [1.29, 1.82) is 0 Å². The Hall–Kier alpha value is -3.36. The normalized spacial score (nSPS) is 18.7. The molecule has 1 saturated heterocycles. The van der Waals surface area contributed by atoms with E-state index in [1.807, 2.05) is 0 Å². The number of benzene rings is 2. The van der Waals surface area contributed by atoms with Crippen LogP contribution in [0.3, 0.4) is 0 Å². The van der Waals surface area contributed by atoms with Crippen LogP contribution in [0.1, 0.15) is 19.4 Å². The van der Waals surface area contributed by atoms with E-state index in [0.29, 0.717) is 10.6 Å². The van der Waals surface area contributed by atoms with E-state index in [-0.39, 0.29) is 12.1 Å². The van der Waals surface area contributed by atoms with Gasteiger partial charge in [0.25, 0.3) is 5.91 Å². The molecule has 0 aromatic heterocycles. The zero-order valence-corrected chi connectivity index (χ0v) is 15.7. The van der Waals surface area contributed by atoms with Crippen LogP contribution in [0.15, 0.2) is 42.5 Å². The zero-order valence-electron chi connectivity index (χ0n) is 15.7. The van der Waals surface area contributed by atoms with Crippen molar-refractivity contribution in [2.75, 3.05) is 18.0 Å². The van der Waals surface area contributed by atoms with Crippen molar-refractivity contribution in [3.05, 3.63) is 65.5 Å². The molecule has 1 fully saturated rings. The smallest absolute Gasteiger partial charge is 0.319 e. The maximum absolute atomic E-state index is 14.2. The third kappa shape index (κ3) is 3.67. The highest BCUT2D eigenvalue weighted by atomic mass is 19.1. The van der Waals surface area contributed by atoms with Gasteiger partial charge in [0.1, 0.15) is 29.5 Å². The number of urea groups is 1. The van der Waals surface area contributed by atoms with Crippen LogP contribution in [0, 0.1) is 17.5 Å². The molecule has 1 aliphatic rings. The Morgan fingerprint density at radius 3 is 2.31 bits per heavy atom. The van der Waals surface area contributed by atoms with E-state index >= 15 is 0 Å². The van der Waals surface area contributed by atoms with Crippen molar-refractivity contribution >= 4 is 23.5 Å². The molecule has 152 valence electrons. The maximum atomic E-state index is 14.2. The summed E-state index contributed by atoms with van der Waals surface area (Å²) in [5.41, 5.74) is -1.79.